The SMILES string of the molecule is COc1ccc(Cc2nc(Br)no2)cc1OC. The summed E-state index contributed by atoms with van der Waals surface area (Å²) in [5, 5.41) is 3.66. The first-order chi connectivity index (χ1) is 8.22. The van der Waals surface area contributed by atoms with E-state index in [0.29, 0.717) is 28.5 Å². The average molecular weight is 299 g/mol. The predicted molar refractivity (Wildman–Crippen MR) is 64.4 cm³/mol. The van der Waals surface area contributed by atoms with E-state index in [9.17, 15) is 0 Å². The van der Waals surface area contributed by atoms with Crippen molar-refractivity contribution in [2.45, 2.75) is 6.42 Å². The van der Waals surface area contributed by atoms with Crippen LogP contribution in [0.25, 0.3) is 0 Å². The lowest BCUT2D eigenvalue weighted by Crippen LogP contribution is -1.93. The van der Waals surface area contributed by atoms with Crippen LogP contribution in [0.1, 0.15) is 11.5 Å². The van der Waals surface area contributed by atoms with Crippen LogP contribution in [0.5, 0.6) is 11.5 Å². The molecule has 0 bridgehead atoms. The molecule has 0 aliphatic rings. The second-order valence-electron chi connectivity index (χ2n) is 3.32. The molecule has 6 heteroatoms. The first kappa shape index (κ1) is 11.9. The Morgan fingerprint density at radius 1 is 1.24 bits per heavy atom. The average Bonchev–Trinajstić information content (AvgIpc) is 2.74. The number of nitrogens with zero attached hydrogens (tertiary/aromatic N) is 2. The standard InChI is InChI=1S/C11H11BrN2O3/c1-15-8-4-3-7(5-9(8)16-2)6-10-13-11(12)14-17-10/h3-5H,6H2,1-2H3. The fourth-order valence-corrected chi connectivity index (χ4v) is 1.74. The highest BCUT2D eigenvalue weighted by Crippen LogP contribution is 2.28. The van der Waals surface area contributed by atoms with Gasteiger partial charge in [-0.25, -0.2) is 0 Å². The monoisotopic (exact) mass is 298 g/mol. The molecular weight excluding hydrogens is 288 g/mol. The summed E-state index contributed by atoms with van der Waals surface area (Å²) in [5.74, 6) is 1.93. The third-order valence-corrected chi connectivity index (χ3v) is 2.57. The van der Waals surface area contributed by atoms with Gasteiger partial charge in [0.25, 0.3) is 0 Å². The van der Waals surface area contributed by atoms with Crippen LogP contribution in [0.15, 0.2) is 27.5 Å². The van der Waals surface area contributed by atoms with Crippen LogP contribution in [-0.4, -0.2) is 24.4 Å². The van der Waals surface area contributed by atoms with Gasteiger partial charge in [-0.3, -0.25) is 0 Å². The van der Waals surface area contributed by atoms with Gasteiger partial charge in [0, 0.05) is 0 Å². The number of methoxy groups -OCH3 is 2. The van der Waals surface area contributed by atoms with Crippen molar-refractivity contribution in [1.82, 2.24) is 10.1 Å². The van der Waals surface area contributed by atoms with Gasteiger partial charge in [0.05, 0.1) is 20.6 Å². The van der Waals surface area contributed by atoms with E-state index in [0.717, 1.165) is 5.56 Å². The zero-order valence-corrected chi connectivity index (χ0v) is 11.0. The molecule has 0 spiro atoms. The van der Waals surface area contributed by atoms with Gasteiger partial charge in [0.15, 0.2) is 11.5 Å². The quantitative estimate of drug-likeness (QED) is 0.868. The number of aromatic nitrogens is 2. The second-order valence-corrected chi connectivity index (χ2v) is 4.03. The fourth-order valence-electron chi connectivity index (χ4n) is 1.47. The predicted octanol–water partition coefficient (Wildman–Crippen LogP) is 2.44. The Bertz CT molecular complexity index is 513. The minimum atomic E-state index is 0.452. The summed E-state index contributed by atoms with van der Waals surface area (Å²) >= 11 is 3.14. The Kier molecular flexibility index (Phi) is 3.63. The number of hydrogen-bond donors (Lipinski definition) is 0. The molecule has 1 aromatic heterocycles. The number of ether oxygens (including phenoxy) is 2. The van der Waals surface area contributed by atoms with Gasteiger partial charge in [-0.05, 0) is 38.8 Å². The molecule has 0 amide bonds. The van der Waals surface area contributed by atoms with Gasteiger partial charge in [0.2, 0.25) is 10.6 Å². The summed E-state index contributed by atoms with van der Waals surface area (Å²) in [4.78, 5) is 4.07. The fraction of sp³-hybridized carbons (Fsp3) is 0.273. The van der Waals surface area contributed by atoms with Crippen LogP contribution in [0.4, 0.5) is 0 Å². The molecule has 5 nitrogen and oxygen atoms in total. The van der Waals surface area contributed by atoms with Gasteiger partial charge in [-0.2, -0.15) is 4.98 Å². The zero-order valence-electron chi connectivity index (χ0n) is 9.44. The molecule has 0 N–H and O–H groups in total. The van der Waals surface area contributed by atoms with Crippen molar-refractivity contribution in [3.8, 4) is 11.5 Å². The van der Waals surface area contributed by atoms with Gasteiger partial charge >= 0.3 is 0 Å². The molecule has 0 radical (unpaired) electrons. The Morgan fingerprint density at radius 3 is 2.59 bits per heavy atom. The van der Waals surface area contributed by atoms with E-state index in [4.69, 9.17) is 14.0 Å². The van der Waals surface area contributed by atoms with Gasteiger partial charge < -0.3 is 14.0 Å². The Hall–Kier alpha value is -1.56. The van der Waals surface area contributed by atoms with E-state index >= 15 is 0 Å². The molecule has 90 valence electrons. The van der Waals surface area contributed by atoms with Gasteiger partial charge in [-0.1, -0.05) is 6.07 Å². The maximum atomic E-state index is 5.22. The van der Waals surface area contributed by atoms with E-state index < -0.39 is 0 Å². The third-order valence-electron chi connectivity index (χ3n) is 2.25. The van der Waals surface area contributed by atoms with Crippen LogP contribution in [0, 0.1) is 0 Å². The van der Waals surface area contributed by atoms with Crippen LogP contribution in [-0.2, 0) is 6.42 Å². The highest BCUT2D eigenvalue weighted by atomic mass is 79.9. The minimum absolute atomic E-state index is 0.452. The minimum Gasteiger partial charge on any atom is -0.493 e. The molecule has 1 aromatic carbocycles. The molecular formula is C11H11BrN2O3. The zero-order chi connectivity index (χ0) is 12.3. The largest absolute Gasteiger partial charge is 0.493 e. The lowest BCUT2D eigenvalue weighted by molar-refractivity contribution is 0.354. The van der Waals surface area contributed by atoms with Crippen LogP contribution >= 0.6 is 15.9 Å². The van der Waals surface area contributed by atoms with Crippen molar-refractivity contribution >= 4 is 15.9 Å². The molecule has 2 rings (SSSR count). The smallest absolute Gasteiger partial charge is 0.238 e. The summed E-state index contributed by atoms with van der Waals surface area (Å²) < 4.78 is 15.9. The topological polar surface area (TPSA) is 57.4 Å². The first-order valence-corrected chi connectivity index (χ1v) is 5.71. The van der Waals surface area contributed by atoms with E-state index in [2.05, 4.69) is 26.1 Å². The summed E-state index contributed by atoms with van der Waals surface area (Å²) in [7, 11) is 3.21. The lowest BCUT2D eigenvalue weighted by Gasteiger charge is -2.08. The summed E-state index contributed by atoms with van der Waals surface area (Å²) in [6.45, 7) is 0. The normalized spacial score (nSPS) is 10.3. The summed E-state index contributed by atoms with van der Waals surface area (Å²) in [5.41, 5.74) is 1.01. The number of hydrogen-bond acceptors (Lipinski definition) is 5. The Morgan fingerprint density at radius 2 is 2.00 bits per heavy atom. The van der Waals surface area contributed by atoms with Crippen molar-refractivity contribution in [1.29, 1.82) is 0 Å². The van der Waals surface area contributed by atoms with Crippen molar-refractivity contribution in [3.05, 3.63) is 34.4 Å². The van der Waals surface area contributed by atoms with Crippen LogP contribution in [0.2, 0.25) is 0 Å². The molecule has 0 saturated heterocycles. The van der Waals surface area contributed by atoms with Crippen molar-refractivity contribution in [2.24, 2.45) is 0 Å². The third kappa shape index (κ3) is 2.76. The lowest BCUT2D eigenvalue weighted by atomic mass is 10.1. The highest BCUT2D eigenvalue weighted by Gasteiger charge is 2.08. The van der Waals surface area contributed by atoms with Crippen molar-refractivity contribution in [3.63, 3.8) is 0 Å². The first-order valence-electron chi connectivity index (χ1n) is 4.92. The molecule has 17 heavy (non-hydrogen) atoms. The number of rotatable bonds is 4. The van der Waals surface area contributed by atoms with Crippen LogP contribution < -0.4 is 9.47 Å². The van der Waals surface area contributed by atoms with Crippen molar-refractivity contribution in [2.75, 3.05) is 14.2 Å². The van der Waals surface area contributed by atoms with Gasteiger partial charge in [-0.15, -0.1) is 0 Å². The molecule has 0 atom stereocenters. The van der Waals surface area contributed by atoms with E-state index in [1.54, 1.807) is 14.2 Å². The molecule has 0 unspecified atom stereocenters. The molecule has 0 aliphatic heterocycles. The summed E-state index contributed by atoms with van der Waals surface area (Å²) in [6.07, 6.45) is 0.555. The van der Waals surface area contributed by atoms with Crippen LogP contribution in [0.3, 0.4) is 0 Å². The van der Waals surface area contributed by atoms with E-state index in [1.165, 1.54) is 0 Å². The maximum absolute atomic E-state index is 5.22. The van der Waals surface area contributed by atoms with E-state index in [-0.39, 0.29) is 0 Å². The molecule has 0 fully saturated rings. The molecule has 2 aromatic rings. The Balaban J connectivity index is 2.22. The Labute approximate surface area is 107 Å². The molecule has 0 saturated carbocycles. The highest BCUT2D eigenvalue weighted by molar-refractivity contribution is 9.10. The van der Waals surface area contributed by atoms with Crippen molar-refractivity contribution < 1.29 is 14.0 Å². The summed E-state index contributed by atoms with van der Waals surface area (Å²) in [6, 6.07) is 5.66. The number of benzene rings is 1. The van der Waals surface area contributed by atoms with E-state index in [1.807, 2.05) is 18.2 Å². The number of halogens is 1. The molecule has 1 heterocycles. The maximum Gasteiger partial charge on any atom is 0.238 e. The molecule has 0 aliphatic carbocycles. The van der Waals surface area contributed by atoms with Gasteiger partial charge in [0.1, 0.15) is 0 Å². The second kappa shape index (κ2) is 5.18.